The zero-order chi connectivity index (χ0) is 52.6. The highest BCUT2D eigenvalue weighted by Gasteiger charge is 2.54. The number of carbonyl (C=O) groups is 4. The van der Waals surface area contributed by atoms with Crippen molar-refractivity contribution in [2.45, 2.75) is 54.6 Å². The van der Waals surface area contributed by atoms with Crippen molar-refractivity contribution < 1.29 is 52.1 Å². The first kappa shape index (κ1) is 51.5. The molecule has 10 rings (SSSR count). The number of amides is 4. The van der Waals surface area contributed by atoms with Crippen LogP contribution in [0.4, 0.5) is 35.8 Å². The van der Waals surface area contributed by atoms with E-state index in [-0.39, 0.29) is 72.8 Å². The lowest BCUT2D eigenvalue weighted by Crippen LogP contribution is -2.70. The van der Waals surface area contributed by atoms with Crippen LogP contribution in [0.25, 0.3) is 0 Å². The molecule has 0 radical (unpaired) electrons. The van der Waals surface area contributed by atoms with Crippen molar-refractivity contribution in [2.75, 3.05) is 85.0 Å². The Morgan fingerprint density at radius 2 is 1.73 bits per heavy atom. The highest BCUT2D eigenvalue weighted by atomic mass is 32.2. The highest BCUT2D eigenvalue weighted by Crippen LogP contribution is 2.42. The Morgan fingerprint density at radius 1 is 1.03 bits per heavy atom. The standard InChI is InChI=1S/C49H52F2N12O9S3/c1-29(2)63-47(68)61(24-49(63,73-3)26-71-57-40(37-22-75-46(52)55-37)42(64)56-41-43(65)62-38(45(66)67)14-19-74-44(41)62)33-7-5-31(6-8-33)58-15-17-59(18-16-58)32-9-11-34(12-10-32)69-21-39-70-25-48(72-39,23-60-28-53-27-54-60)35-13-4-30(50)20-36(35)51/h4-14,20,22,27-29,39,41,44H,15-19,21,23-26H2,1-3H3,(H2,52,55)(H,56,64)(H,66,67)/b57-40+/t39-,41?,44?,48+,49?/m0/s1. The largest absolute Gasteiger partial charge is 0.488 e. The molecule has 2 aromatic heterocycles. The molecule has 7 heterocycles. The number of aromatic nitrogens is 4. The third kappa shape index (κ3) is 10.3. The maximum Gasteiger partial charge on any atom is 0.352 e. The molecule has 75 heavy (non-hydrogen) atoms. The van der Waals surface area contributed by atoms with Gasteiger partial charge in [-0.05, 0) is 80.8 Å². The molecule has 5 aromatic rings. The predicted molar refractivity (Wildman–Crippen MR) is 277 cm³/mol. The van der Waals surface area contributed by atoms with E-state index < -0.39 is 57.6 Å². The Morgan fingerprint density at radius 3 is 2.36 bits per heavy atom. The fourth-order valence-electron chi connectivity index (χ4n) is 9.83. The predicted octanol–water partition coefficient (Wildman–Crippen LogP) is 4.77. The van der Waals surface area contributed by atoms with Gasteiger partial charge in [-0.1, -0.05) is 11.2 Å². The summed E-state index contributed by atoms with van der Waals surface area (Å²) in [7, 11) is 0. The molecule has 4 amide bonds. The van der Waals surface area contributed by atoms with Crippen LogP contribution in [0.5, 0.6) is 5.75 Å². The molecule has 4 saturated heterocycles. The van der Waals surface area contributed by atoms with E-state index in [9.17, 15) is 28.7 Å². The number of nitrogens with one attached hydrogen (secondary N) is 1. The van der Waals surface area contributed by atoms with Gasteiger partial charge in [-0.2, -0.15) is 5.10 Å². The molecule has 4 fully saturated rings. The number of oxime groups is 1. The monoisotopic (exact) mass is 1090 g/mol. The molecular weight excluding hydrogens is 1030 g/mol. The number of β-lactam (4-membered cyclic amide) rings is 1. The van der Waals surface area contributed by atoms with E-state index in [1.807, 2.05) is 68.6 Å². The van der Waals surface area contributed by atoms with E-state index in [2.05, 4.69) is 35.3 Å². The minimum absolute atomic E-state index is 0.00798. The molecule has 394 valence electrons. The lowest BCUT2D eigenvalue weighted by molar-refractivity contribution is -0.150. The number of thioether (sulfide) groups is 2. The third-order valence-electron chi connectivity index (χ3n) is 13.5. The number of hydrogen-bond donors (Lipinski definition) is 3. The number of hydrogen-bond acceptors (Lipinski definition) is 18. The molecule has 21 nitrogen and oxygen atoms in total. The van der Waals surface area contributed by atoms with E-state index in [0.717, 1.165) is 59.9 Å². The van der Waals surface area contributed by atoms with Gasteiger partial charge in [-0.15, -0.1) is 34.9 Å². The van der Waals surface area contributed by atoms with Crippen molar-refractivity contribution in [1.29, 1.82) is 0 Å². The quantitative estimate of drug-likeness (QED) is 0.0609. The van der Waals surface area contributed by atoms with E-state index in [1.165, 1.54) is 59.1 Å². The second-order valence-electron chi connectivity index (χ2n) is 18.4. The SMILES string of the molecule is CSC1(CO/N=C(/C(=O)NC2C(=O)N3C(C(=O)O)=CCSC23)c2csc(N)n2)CN(c2ccc(N3CCN(c4ccc(OC[C@H]5OC[C@](Cn6cncn6)(c6ccc(F)cc6F)O5)cc4)CC3)cc2)C(=O)N1C(C)C. The van der Waals surface area contributed by atoms with Crippen LogP contribution in [0, 0.1) is 11.6 Å². The van der Waals surface area contributed by atoms with Crippen molar-refractivity contribution in [1.82, 2.24) is 34.9 Å². The van der Waals surface area contributed by atoms with Crippen molar-refractivity contribution >= 4 is 86.6 Å². The maximum absolute atomic E-state index is 15.1. The summed E-state index contributed by atoms with van der Waals surface area (Å²) < 4.78 is 48.6. The molecule has 4 N–H and O–H groups in total. The average Bonchev–Trinajstić information content (AvgIpc) is 4.25. The zero-order valence-corrected chi connectivity index (χ0v) is 43.2. The summed E-state index contributed by atoms with van der Waals surface area (Å²) in [5, 5.41) is 21.8. The van der Waals surface area contributed by atoms with Gasteiger partial charge in [0.05, 0.1) is 19.7 Å². The Bertz CT molecular complexity index is 3000. The van der Waals surface area contributed by atoms with Crippen LogP contribution in [-0.4, -0.2) is 157 Å². The van der Waals surface area contributed by atoms with E-state index in [4.69, 9.17) is 24.8 Å². The van der Waals surface area contributed by atoms with Crippen LogP contribution in [0.15, 0.2) is 102 Å². The number of fused-ring (bicyclic) bond motifs is 1. The van der Waals surface area contributed by atoms with Crippen molar-refractivity contribution in [3.63, 3.8) is 0 Å². The summed E-state index contributed by atoms with van der Waals surface area (Å²) in [5.41, 5.74) is 7.31. The van der Waals surface area contributed by atoms with Crippen molar-refractivity contribution in [2.24, 2.45) is 5.16 Å². The molecule has 3 aromatic carbocycles. The number of anilines is 4. The van der Waals surface area contributed by atoms with Gasteiger partial charge in [0.25, 0.3) is 11.8 Å². The summed E-state index contributed by atoms with van der Waals surface area (Å²) in [5.74, 6) is -3.04. The van der Waals surface area contributed by atoms with Crippen molar-refractivity contribution in [3.8, 4) is 5.75 Å². The summed E-state index contributed by atoms with van der Waals surface area (Å²) >= 11 is 3.84. The first-order valence-electron chi connectivity index (χ1n) is 23.8. The average molecular weight is 1090 g/mol. The Hall–Kier alpha value is -7.00. The number of urea groups is 1. The number of rotatable bonds is 18. The topological polar surface area (TPSA) is 236 Å². The summed E-state index contributed by atoms with van der Waals surface area (Å²) in [4.78, 5) is 75.3. The second-order valence-corrected chi connectivity index (χ2v) is 21.6. The molecule has 5 atom stereocenters. The number of benzene rings is 3. The number of ether oxygens (including phenoxy) is 3. The number of nitrogens with two attached hydrogens (primary N) is 1. The lowest BCUT2D eigenvalue weighted by Gasteiger charge is -2.48. The molecule has 3 unspecified atom stereocenters. The van der Waals surface area contributed by atoms with Crippen LogP contribution in [-0.2, 0) is 40.8 Å². The fraction of sp³-hybridized carbons (Fsp3) is 0.388. The number of thiazole rings is 1. The van der Waals surface area contributed by atoms with Crippen LogP contribution in [0.2, 0.25) is 0 Å². The fourth-order valence-corrected chi connectivity index (χ4v) is 12.5. The summed E-state index contributed by atoms with van der Waals surface area (Å²) in [6.45, 7) is 7.11. The summed E-state index contributed by atoms with van der Waals surface area (Å²) in [6.07, 6.45) is 5.36. The van der Waals surface area contributed by atoms with Gasteiger partial charge in [0.15, 0.2) is 23.7 Å². The van der Waals surface area contributed by atoms with E-state index in [0.29, 0.717) is 17.2 Å². The van der Waals surface area contributed by atoms with Crippen LogP contribution < -0.4 is 30.5 Å². The van der Waals surface area contributed by atoms with Crippen LogP contribution in [0.1, 0.15) is 25.1 Å². The second kappa shape index (κ2) is 21.3. The van der Waals surface area contributed by atoms with Gasteiger partial charge < -0.3 is 49.9 Å². The smallest absolute Gasteiger partial charge is 0.352 e. The maximum atomic E-state index is 15.1. The van der Waals surface area contributed by atoms with E-state index >= 15 is 4.39 Å². The number of halogens is 2. The number of carboxylic acids is 1. The highest BCUT2D eigenvalue weighted by molar-refractivity contribution is 8.00. The first-order chi connectivity index (χ1) is 36.2. The molecule has 5 aliphatic heterocycles. The van der Waals surface area contributed by atoms with Crippen molar-refractivity contribution in [3.05, 3.63) is 119 Å². The number of carbonyl (C=O) groups excluding carboxylic acids is 3. The third-order valence-corrected chi connectivity index (χ3v) is 16.6. The van der Waals surface area contributed by atoms with Gasteiger partial charge in [-0.25, -0.2) is 33.0 Å². The molecule has 0 bridgehead atoms. The number of nitrogens with zero attached hydrogens (tertiary/aromatic N) is 10. The first-order valence-corrected chi connectivity index (χ1v) is 27.0. The Labute approximate surface area is 441 Å². The Kier molecular flexibility index (Phi) is 14.6. The number of aliphatic carboxylic acids is 1. The lowest BCUT2D eigenvalue weighted by atomic mass is 9.94. The van der Waals surface area contributed by atoms with Gasteiger partial charge >= 0.3 is 12.0 Å². The van der Waals surface area contributed by atoms with Gasteiger partial charge in [0, 0.05) is 72.0 Å². The van der Waals surface area contributed by atoms with Gasteiger partial charge in [0.1, 0.15) is 69.9 Å². The molecule has 0 spiro atoms. The normalized spacial score (nSPS) is 23.9. The number of nitrogen functional groups attached to an aromatic ring is 1. The van der Waals surface area contributed by atoms with Crippen LogP contribution >= 0.6 is 34.9 Å². The minimum Gasteiger partial charge on any atom is -0.488 e. The molecule has 0 aliphatic carbocycles. The van der Waals surface area contributed by atoms with Crippen LogP contribution in [0.3, 0.4) is 0 Å². The van der Waals surface area contributed by atoms with E-state index in [1.54, 1.807) is 15.2 Å². The number of piperazine rings is 1. The Balaban J connectivity index is 0.737. The zero-order valence-electron chi connectivity index (χ0n) is 40.8. The molecule has 5 aliphatic rings. The van der Waals surface area contributed by atoms with Gasteiger partial charge in [0.2, 0.25) is 0 Å². The molecule has 26 heteroatoms. The number of carboxylic acid groups (broad SMARTS) is 1. The van der Waals surface area contributed by atoms with Gasteiger partial charge in [-0.3, -0.25) is 19.4 Å². The summed E-state index contributed by atoms with van der Waals surface area (Å²) in [6, 6.07) is 17.5. The molecular formula is C49H52F2N12O9S3. The molecule has 0 saturated carbocycles. The minimum atomic E-state index is -1.28.